The van der Waals surface area contributed by atoms with Gasteiger partial charge >= 0.3 is 0 Å². The van der Waals surface area contributed by atoms with Gasteiger partial charge in [0.2, 0.25) is 0 Å². The Hall–Kier alpha value is -1.68. The predicted octanol–water partition coefficient (Wildman–Crippen LogP) is 2.64. The zero-order chi connectivity index (χ0) is 12.4. The van der Waals surface area contributed by atoms with Gasteiger partial charge in [-0.3, -0.25) is 9.48 Å². The minimum atomic E-state index is -0.543. The number of hydrogen-bond donors (Lipinski definition) is 0. The summed E-state index contributed by atoms with van der Waals surface area (Å²) in [6.07, 6.45) is 1.63. The molecule has 0 amide bonds. The van der Waals surface area contributed by atoms with E-state index < -0.39 is 5.82 Å². The Morgan fingerprint density at radius 1 is 1.47 bits per heavy atom. The van der Waals surface area contributed by atoms with Gasteiger partial charge in [0.15, 0.2) is 5.78 Å². The van der Waals surface area contributed by atoms with Crippen LogP contribution in [-0.2, 0) is 13.5 Å². The molecule has 0 N–H and O–H groups in total. The summed E-state index contributed by atoms with van der Waals surface area (Å²) in [5.74, 6) is -0.773. The molecule has 0 atom stereocenters. The Balaban J connectivity index is 2.21. The van der Waals surface area contributed by atoms with E-state index in [0.717, 1.165) is 0 Å². The summed E-state index contributed by atoms with van der Waals surface area (Å²) in [5.41, 5.74) is 0.611. The summed E-state index contributed by atoms with van der Waals surface area (Å²) < 4.78 is 15.1. The molecule has 1 aromatic carbocycles. The molecule has 5 heteroatoms. The third-order valence-corrected chi connectivity index (χ3v) is 2.67. The lowest BCUT2D eigenvalue weighted by atomic mass is 10.1. The van der Waals surface area contributed by atoms with Crippen LogP contribution in [0, 0.1) is 5.82 Å². The van der Waals surface area contributed by atoms with Crippen molar-refractivity contribution in [2.45, 2.75) is 6.42 Å². The summed E-state index contributed by atoms with van der Waals surface area (Å²) in [6.45, 7) is 0. The monoisotopic (exact) mass is 252 g/mol. The zero-order valence-corrected chi connectivity index (χ0v) is 9.91. The molecule has 0 aliphatic heterocycles. The SMILES string of the molecule is Cn1ccc(C(=O)Cc2cccc(Cl)c2F)n1. The lowest BCUT2D eigenvalue weighted by molar-refractivity contribution is 0.0986. The van der Waals surface area contributed by atoms with Gasteiger partial charge in [-0.15, -0.1) is 0 Å². The van der Waals surface area contributed by atoms with Crippen LogP contribution in [0.3, 0.4) is 0 Å². The number of aromatic nitrogens is 2. The Bertz CT molecular complexity index is 565. The van der Waals surface area contributed by atoms with Crippen molar-refractivity contribution in [3.63, 3.8) is 0 Å². The van der Waals surface area contributed by atoms with Crippen molar-refractivity contribution in [3.05, 3.63) is 52.6 Å². The number of carbonyl (C=O) groups is 1. The van der Waals surface area contributed by atoms with Crippen LogP contribution in [0.25, 0.3) is 0 Å². The Kier molecular flexibility index (Phi) is 3.24. The predicted molar refractivity (Wildman–Crippen MR) is 62.7 cm³/mol. The third-order valence-electron chi connectivity index (χ3n) is 2.38. The molecule has 0 aliphatic rings. The van der Waals surface area contributed by atoms with Gasteiger partial charge in [-0.25, -0.2) is 4.39 Å². The van der Waals surface area contributed by atoms with Crippen molar-refractivity contribution in [2.75, 3.05) is 0 Å². The number of hydrogen-bond acceptors (Lipinski definition) is 2. The molecule has 0 spiro atoms. The average Bonchev–Trinajstić information content (AvgIpc) is 2.72. The van der Waals surface area contributed by atoms with E-state index in [-0.39, 0.29) is 22.8 Å². The van der Waals surface area contributed by atoms with E-state index in [1.165, 1.54) is 10.7 Å². The van der Waals surface area contributed by atoms with Gasteiger partial charge in [-0.2, -0.15) is 5.10 Å². The van der Waals surface area contributed by atoms with Gasteiger partial charge in [0.25, 0.3) is 0 Å². The van der Waals surface area contributed by atoms with E-state index in [4.69, 9.17) is 11.6 Å². The van der Waals surface area contributed by atoms with Crippen molar-refractivity contribution in [1.29, 1.82) is 0 Å². The smallest absolute Gasteiger partial charge is 0.187 e. The second kappa shape index (κ2) is 4.67. The Morgan fingerprint density at radius 2 is 2.24 bits per heavy atom. The van der Waals surface area contributed by atoms with E-state index in [2.05, 4.69) is 5.10 Å². The number of rotatable bonds is 3. The molecule has 0 saturated heterocycles. The van der Waals surface area contributed by atoms with Gasteiger partial charge in [-0.1, -0.05) is 23.7 Å². The molecule has 0 bridgehead atoms. The van der Waals surface area contributed by atoms with Crippen LogP contribution in [0.5, 0.6) is 0 Å². The summed E-state index contributed by atoms with van der Waals surface area (Å²) in [4.78, 5) is 11.8. The number of benzene rings is 1. The normalized spacial score (nSPS) is 10.5. The number of aryl methyl sites for hydroxylation is 1. The lowest BCUT2D eigenvalue weighted by Gasteiger charge is -2.02. The highest BCUT2D eigenvalue weighted by molar-refractivity contribution is 6.30. The van der Waals surface area contributed by atoms with Gasteiger partial charge in [0.05, 0.1) is 5.02 Å². The van der Waals surface area contributed by atoms with Crippen molar-refractivity contribution in [3.8, 4) is 0 Å². The molecular formula is C12H10ClFN2O. The maximum atomic E-state index is 13.6. The fourth-order valence-electron chi connectivity index (χ4n) is 1.51. The van der Waals surface area contributed by atoms with Crippen molar-refractivity contribution < 1.29 is 9.18 Å². The quantitative estimate of drug-likeness (QED) is 0.787. The average molecular weight is 253 g/mol. The van der Waals surface area contributed by atoms with E-state index >= 15 is 0 Å². The maximum absolute atomic E-state index is 13.6. The standard InChI is InChI=1S/C12H10ClFN2O/c1-16-6-5-10(15-16)11(17)7-8-3-2-4-9(13)12(8)14/h2-6H,7H2,1H3. The first kappa shape index (κ1) is 11.8. The molecule has 1 aromatic heterocycles. The molecule has 0 radical (unpaired) electrons. The summed E-state index contributed by atoms with van der Waals surface area (Å²) in [7, 11) is 1.72. The van der Waals surface area contributed by atoms with Gasteiger partial charge < -0.3 is 0 Å². The fourth-order valence-corrected chi connectivity index (χ4v) is 1.71. The van der Waals surface area contributed by atoms with Crippen LogP contribution in [0.1, 0.15) is 16.1 Å². The van der Waals surface area contributed by atoms with E-state index in [1.54, 1.807) is 31.4 Å². The van der Waals surface area contributed by atoms with E-state index in [9.17, 15) is 9.18 Å². The van der Waals surface area contributed by atoms with E-state index in [1.807, 2.05) is 0 Å². The molecule has 0 unspecified atom stereocenters. The molecule has 0 saturated carbocycles. The van der Waals surface area contributed by atoms with Crippen LogP contribution in [0.15, 0.2) is 30.5 Å². The first-order chi connectivity index (χ1) is 8.08. The Morgan fingerprint density at radius 3 is 2.88 bits per heavy atom. The molecule has 2 rings (SSSR count). The number of halogens is 2. The van der Waals surface area contributed by atoms with Crippen LogP contribution in [0.2, 0.25) is 5.02 Å². The van der Waals surface area contributed by atoms with Crippen molar-refractivity contribution in [2.24, 2.45) is 7.05 Å². The topological polar surface area (TPSA) is 34.9 Å². The first-order valence-electron chi connectivity index (χ1n) is 5.03. The van der Waals surface area contributed by atoms with Crippen LogP contribution < -0.4 is 0 Å². The minimum Gasteiger partial charge on any atom is -0.292 e. The summed E-state index contributed by atoms with van der Waals surface area (Å²) in [5, 5.41) is 3.99. The van der Waals surface area contributed by atoms with E-state index in [0.29, 0.717) is 5.69 Å². The van der Waals surface area contributed by atoms with Gasteiger partial charge in [0.1, 0.15) is 11.5 Å². The second-order valence-corrected chi connectivity index (χ2v) is 4.09. The molecule has 88 valence electrons. The maximum Gasteiger partial charge on any atom is 0.187 e. The van der Waals surface area contributed by atoms with Crippen LogP contribution in [0.4, 0.5) is 4.39 Å². The van der Waals surface area contributed by atoms with Crippen LogP contribution >= 0.6 is 11.6 Å². The van der Waals surface area contributed by atoms with Gasteiger partial charge in [0, 0.05) is 19.7 Å². The summed E-state index contributed by atoms with van der Waals surface area (Å²) >= 11 is 5.64. The number of Topliss-reactive ketones (excluding diaryl/α,β-unsaturated/α-hetero) is 1. The number of nitrogens with zero attached hydrogens (tertiary/aromatic N) is 2. The molecule has 0 aliphatic carbocycles. The molecular weight excluding hydrogens is 243 g/mol. The number of carbonyl (C=O) groups excluding carboxylic acids is 1. The molecule has 2 aromatic rings. The highest BCUT2D eigenvalue weighted by Gasteiger charge is 2.14. The minimum absolute atomic E-state index is 0.0244. The third kappa shape index (κ3) is 2.53. The second-order valence-electron chi connectivity index (χ2n) is 3.69. The van der Waals surface area contributed by atoms with Crippen LogP contribution in [-0.4, -0.2) is 15.6 Å². The van der Waals surface area contributed by atoms with Gasteiger partial charge in [-0.05, 0) is 17.7 Å². The molecule has 17 heavy (non-hydrogen) atoms. The molecule has 1 heterocycles. The highest BCUT2D eigenvalue weighted by atomic mass is 35.5. The molecule has 3 nitrogen and oxygen atoms in total. The fraction of sp³-hybridized carbons (Fsp3) is 0.167. The molecule has 0 fully saturated rings. The first-order valence-corrected chi connectivity index (χ1v) is 5.41. The lowest BCUT2D eigenvalue weighted by Crippen LogP contribution is -2.07. The largest absolute Gasteiger partial charge is 0.292 e. The Labute approximate surface area is 103 Å². The number of ketones is 1. The van der Waals surface area contributed by atoms with Crippen molar-refractivity contribution in [1.82, 2.24) is 9.78 Å². The summed E-state index contributed by atoms with van der Waals surface area (Å²) in [6, 6.07) is 6.21. The highest BCUT2D eigenvalue weighted by Crippen LogP contribution is 2.19. The zero-order valence-electron chi connectivity index (χ0n) is 9.15. The van der Waals surface area contributed by atoms with Crippen molar-refractivity contribution >= 4 is 17.4 Å².